The van der Waals surface area contributed by atoms with Crippen molar-refractivity contribution >= 4 is 21.8 Å². The van der Waals surface area contributed by atoms with Crippen LogP contribution in [0.2, 0.25) is 0 Å². The first kappa shape index (κ1) is 17.3. The van der Waals surface area contributed by atoms with E-state index >= 15 is 0 Å². The van der Waals surface area contributed by atoms with Crippen molar-refractivity contribution in [1.29, 1.82) is 0 Å². The number of carbonyl (C=O) groups is 2. The Balaban J connectivity index is 2.86. The average Bonchev–Trinajstić information content (AvgIpc) is 2.43. The van der Waals surface area contributed by atoms with E-state index in [0.717, 1.165) is 0 Å². The van der Waals surface area contributed by atoms with E-state index in [-0.39, 0.29) is 22.8 Å². The molecule has 0 radical (unpaired) electrons. The van der Waals surface area contributed by atoms with Crippen molar-refractivity contribution in [2.75, 3.05) is 13.7 Å². The largest absolute Gasteiger partial charge is 0.454 e. The van der Waals surface area contributed by atoms with E-state index in [1.165, 1.54) is 31.3 Å². The Bertz CT molecular complexity index is 644. The van der Waals surface area contributed by atoms with Crippen LogP contribution in [0.25, 0.3) is 0 Å². The van der Waals surface area contributed by atoms with Crippen molar-refractivity contribution < 1.29 is 22.7 Å². The molecule has 0 atom stereocenters. The Labute approximate surface area is 124 Å². The molecule has 6 nitrogen and oxygen atoms in total. The van der Waals surface area contributed by atoms with Crippen LogP contribution in [0.4, 0.5) is 0 Å². The molecule has 0 bridgehead atoms. The first-order valence-electron chi connectivity index (χ1n) is 6.32. The number of sulfonamides is 1. The molecule has 0 amide bonds. The molecule has 0 aliphatic rings. The molecule has 0 fully saturated rings. The summed E-state index contributed by atoms with van der Waals surface area (Å²) in [5.41, 5.74) is -0.523. The van der Waals surface area contributed by atoms with Gasteiger partial charge in [-0.05, 0) is 25.2 Å². The maximum Gasteiger partial charge on any atom is 0.338 e. The third-order valence-electron chi connectivity index (χ3n) is 2.82. The van der Waals surface area contributed by atoms with Gasteiger partial charge in [0.15, 0.2) is 12.4 Å². The maximum atomic E-state index is 11.9. The van der Waals surface area contributed by atoms with Gasteiger partial charge >= 0.3 is 5.97 Å². The van der Waals surface area contributed by atoms with Gasteiger partial charge in [0.2, 0.25) is 10.0 Å². The van der Waals surface area contributed by atoms with Crippen LogP contribution >= 0.6 is 0 Å². The van der Waals surface area contributed by atoms with Gasteiger partial charge in [-0.2, -0.15) is 0 Å². The van der Waals surface area contributed by atoms with Gasteiger partial charge in [0.25, 0.3) is 0 Å². The number of hydrogen-bond donors (Lipinski definition) is 1. The molecule has 0 unspecified atom stereocenters. The molecule has 0 saturated carbocycles. The summed E-state index contributed by atoms with van der Waals surface area (Å²) in [5, 5.41) is 0. The first-order chi connectivity index (χ1) is 9.58. The van der Waals surface area contributed by atoms with Crippen molar-refractivity contribution in [3.63, 3.8) is 0 Å². The van der Waals surface area contributed by atoms with Crippen LogP contribution in [0.5, 0.6) is 0 Å². The normalized spacial score (nSPS) is 12.0. The molecule has 1 aromatic carbocycles. The summed E-state index contributed by atoms with van der Waals surface area (Å²) < 4.78 is 30.4. The molecule has 0 heterocycles. The highest BCUT2D eigenvalue weighted by Gasteiger charge is 2.23. The summed E-state index contributed by atoms with van der Waals surface area (Å²) >= 11 is 0. The third kappa shape index (κ3) is 4.64. The minimum atomic E-state index is -3.63. The highest BCUT2D eigenvalue weighted by atomic mass is 32.2. The summed E-state index contributed by atoms with van der Waals surface area (Å²) in [5.74, 6) is -0.949. The van der Waals surface area contributed by atoms with Crippen molar-refractivity contribution in [2.24, 2.45) is 5.41 Å². The summed E-state index contributed by atoms with van der Waals surface area (Å²) in [6.45, 7) is 4.83. The lowest BCUT2D eigenvalue weighted by Gasteiger charge is -2.16. The summed E-state index contributed by atoms with van der Waals surface area (Å²) in [6.07, 6.45) is 0. The molecule has 0 spiro atoms. The van der Waals surface area contributed by atoms with Crippen LogP contribution in [0.1, 0.15) is 31.1 Å². The predicted octanol–water partition coefficient (Wildman–Crippen LogP) is 1.37. The number of esters is 1. The Hall–Kier alpha value is -1.73. The van der Waals surface area contributed by atoms with Gasteiger partial charge in [-0.15, -0.1) is 0 Å². The van der Waals surface area contributed by atoms with E-state index in [1.807, 2.05) is 0 Å². The second-order valence-corrected chi connectivity index (χ2v) is 7.37. The Morgan fingerprint density at radius 3 is 2.38 bits per heavy atom. The minimum Gasteiger partial charge on any atom is -0.454 e. The van der Waals surface area contributed by atoms with Gasteiger partial charge in [0.1, 0.15) is 0 Å². The zero-order valence-electron chi connectivity index (χ0n) is 12.5. The number of benzene rings is 1. The number of rotatable bonds is 5. The molecule has 1 N–H and O–H groups in total. The second kappa shape index (κ2) is 6.36. The summed E-state index contributed by atoms with van der Waals surface area (Å²) in [4.78, 5) is 23.5. The topological polar surface area (TPSA) is 89.5 Å². The zero-order chi connectivity index (χ0) is 16.3. The van der Waals surface area contributed by atoms with Crippen molar-refractivity contribution in [2.45, 2.75) is 25.7 Å². The fraction of sp³-hybridized carbons (Fsp3) is 0.429. The van der Waals surface area contributed by atoms with Crippen LogP contribution in [0.3, 0.4) is 0 Å². The third-order valence-corrected chi connectivity index (χ3v) is 4.23. The number of carbonyl (C=O) groups excluding carboxylic acids is 2. The number of nitrogens with one attached hydrogen (secondary N) is 1. The predicted molar refractivity (Wildman–Crippen MR) is 77.4 cm³/mol. The number of Topliss-reactive ketones (excluding diaryl/α,β-unsaturated/α-hetero) is 1. The number of ketones is 1. The van der Waals surface area contributed by atoms with Gasteiger partial charge in [-0.3, -0.25) is 4.79 Å². The molecular formula is C14H19NO5S. The van der Waals surface area contributed by atoms with Crippen LogP contribution in [0.15, 0.2) is 29.2 Å². The quantitative estimate of drug-likeness (QED) is 0.829. The average molecular weight is 313 g/mol. The highest BCUT2D eigenvalue weighted by Crippen LogP contribution is 2.16. The lowest BCUT2D eigenvalue weighted by Crippen LogP contribution is -2.26. The van der Waals surface area contributed by atoms with Gasteiger partial charge in [0.05, 0.1) is 10.5 Å². The van der Waals surface area contributed by atoms with E-state index in [9.17, 15) is 18.0 Å². The van der Waals surface area contributed by atoms with Crippen LogP contribution < -0.4 is 4.72 Å². The van der Waals surface area contributed by atoms with Crippen LogP contribution in [-0.2, 0) is 19.6 Å². The molecule has 0 aromatic heterocycles. The van der Waals surface area contributed by atoms with Crippen molar-refractivity contribution in [3.05, 3.63) is 29.8 Å². The van der Waals surface area contributed by atoms with E-state index in [2.05, 4.69) is 4.72 Å². The van der Waals surface area contributed by atoms with Gasteiger partial charge in [-0.1, -0.05) is 26.8 Å². The fourth-order valence-corrected chi connectivity index (χ4v) is 2.11. The zero-order valence-corrected chi connectivity index (χ0v) is 13.3. The number of ether oxygens (including phenoxy) is 1. The molecule has 0 saturated heterocycles. The highest BCUT2D eigenvalue weighted by molar-refractivity contribution is 7.89. The van der Waals surface area contributed by atoms with E-state index in [1.54, 1.807) is 20.8 Å². The van der Waals surface area contributed by atoms with E-state index < -0.39 is 21.4 Å². The molecule has 0 aliphatic carbocycles. The second-order valence-electron chi connectivity index (χ2n) is 5.48. The molecule has 21 heavy (non-hydrogen) atoms. The summed E-state index contributed by atoms with van der Waals surface area (Å²) in [7, 11) is -2.35. The van der Waals surface area contributed by atoms with Gasteiger partial charge < -0.3 is 4.74 Å². The SMILES string of the molecule is CNS(=O)(=O)c1cccc(C(=O)OCC(=O)C(C)(C)C)c1. The molecular weight excluding hydrogens is 294 g/mol. The van der Waals surface area contributed by atoms with Crippen LogP contribution in [0, 0.1) is 5.41 Å². The molecule has 0 aliphatic heterocycles. The van der Waals surface area contributed by atoms with Gasteiger partial charge in [-0.25, -0.2) is 17.9 Å². The molecule has 7 heteroatoms. The molecule has 1 rings (SSSR count). The van der Waals surface area contributed by atoms with Crippen molar-refractivity contribution in [3.8, 4) is 0 Å². The Kier molecular flexibility index (Phi) is 5.25. The van der Waals surface area contributed by atoms with Gasteiger partial charge in [0, 0.05) is 5.41 Å². The first-order valence-corrected chi connectivity index (χ1v) is 7.80. The minimum absolute atomic E-state index is 0.0402. The standard InChI is InChI=1S/C14H19NO5S/c1-14(2,3)12(16)9-20-13(17)10-6-5-7-11(8-10)21(18,19)15-4/h5-8,15H,9H2,1-4H3. The maximum absolute atomic E-state index is 11.9. The Morgan fingerprint density at radius 1 is 1.24 bits per heavy atom. The number of hydrogen-bond acceptors (Lipinski definition) is 5. The molecule has 116 valence electrons. The summed E-state index contributed by atoms with van der Waals surface area (Å²) in [6, 6.07) is 5.43. The lowest BCUT2D eigenvalue weighted by atomic mass is 9.91. The van der Waals surface area contributed by atoms with Crippen molar-refractivity contribution in [1.82, 2.24) is 4.72 Å². The van der Waals surface area contributed by atoms with Crippen LogP contribution in [-0.4, -0.2) is 33.8 Å². The molecule has 1 aromatic rings. The fourth-order valence-electron chi connectivity index (χ4n) is 1.34. The van der Waals surface area contributed by atoms with E-state index in [4.69, 9.17) is 4.74 Å². The van der Waals surface area contributed by atoms with E-state index in [0.29, 0.717) is 0 Å². The monoisotopic (exact) mass is 313 g/mol. The smallest absolute Gasteiger partial charge is 0.338 e. The Morgan fingerprint density at radius 2 is 1.86 bits per heavy atom. The lowest BCUT2D eigenvalue weighted by molar-refractivity contribution is -0.129.